The Morgan fingerprint density at radius 3 is 2.36 bits per heavy atom. The fourth-order valence-corrected chi connectivity index (χ4v) is 2.55. The Hall–Kier alpha value is -0.500. The molecule has 2 heteroatoms. The summed E-state index contributed by atoms with van der Waals surface area (Å²) in [4.78, 5) is 0. The Bertz CT molecular complexity index is 202. The van der Waals surface area contributed by atoms with Gasteiger partial charge in [-0.2, -0.15) is 0 Å². The topological polar surface area (TPSA) is 32.3 Å². The zero-order chi connectivity index (χ0) is 10.6. The molecule has 0 spiro atoms. The average molecular weight is 197 g/mol. The van der Waals surface area contributed by atoms with Gasteiger partial charge >= 0.3 is 0 Å². The lowest BCUT2D eigenvalue weighted by atomic mass is 9.71. The fraction of sp³-hybridized carbons (Fsp3) is 0.833. The molecule has 1 saturated carbocycles. The van der Waals surface area contributed by atoms with Crippen LogP contribution in [0.4, 0.5) is 0 Å². The molecule has 0 amide bonds. The van der Waals surface area contributed by atoms with Crippen molar-refractivity contribution in [3.8, 4) is 0 Å². The lowest BCUT2D eigenvalue weighted by Crippen LogP contribution is -2.25. The molecule has 0 atom stereocenters. The number of hydrogen-bond acceptors (Lipinski definition) is 2. The number of hydrogen-bond donors (Lipinski definition) is 2. The molecule has 2 N–H and O–H groups in total. The van der Waals surface area contributed by atoms with Crippen molar-refractivity contribution in [1.82, 2.24) is 5.48 Å². The van der Waals surface area contributed by atoms with Gasteiger partial charge in [-0.15, -0.1) is 0 Å². The van der Waals surface area contributed by atoms with E-state index in [0.717, 1.165) is 11.6 Å². The standard InChI is InChI=1S/C12H23NO/c1-10(13-14)9-12(2,3)11-7-5-4-6-8-11/h9,11,13-14H,4-8H2,1-3H3/b10-9-. The molecule has 0 saturated heterocycles. The Balaban J connectivity index is 2.62. The van der Waals surface area contributed by atoms with Crippen LogP contribution in [0, 0.1) is 11.3 Å². The second-order valence-electron chi connectivity index (χ2n) is 5.10. The molecule has 0 aliphatic heterocycles. The molecule has 0 aromatic carbocycles. The molecule has 1 aliphatic carbocycles. The highest BCUT2D eigenvalue weighted by molar-refractivity contribution is 5.04. The van der Waals surface area contributed by atoms with E-state index in [0.29, 0.717) is 0 Å². The Labute approximate surface area is 87.4 Å². The van der Waals surface area contributed by atoms with Gasteiger partial charge < -0.3 is 0 Å². The van der Waals surface area contributed by atoms with E-state index in [9.17, 15) is 0 Å². The first-order chi connectivity index (χ1) is 6.56. The van der Waals surface area contributed by atoms with Gasteiger partial charge in [-0.25, -0.2) is 0 Å². The summed E-state index contributed by atoms with van der Waals surface area (Å²) in [5.41, 5.74) is 3.29. The summed E-state index contributed by atoms with van der Waals surface area (Å²) >= 11 is 0. The van der Waals surface area contributed by atoms with E-state index in [1.807, 2.05) is 6.92 Å². The van der Waals surface area contributed by atoms with Gasteiger partial charge in [0.05, 0.1) is 0 Å². The molecule has 0 aromatic heterocycles. The largest absolute Gasteiger partial charge is 0.291 e. The van der Waals surface area contributed by atoms with E-state index in [1.54, 1.807) is 0 Å². The first-order valence-corrected chi connectivity index (χ1v) is 5.66. The van der Waals surface area contributed by atoms with E-state index >= 15 is 0 Å². The van der Waals surface area contributed by atoms with Gasteiger partial charge in [0.2, 0.25) is 0 Å². The van der Waals surface area contributed by atoms with Gasteiger partial charge in [-0.1, -0.05) is 39.2 Å². The van der Waals surface area contributed by atoms with Crippen LogP contribution in [0.5, 0.6) is 0 Å². The summed E-state index contributed by atoms with van der Waals surface area (Å²) in [6.45, 7) is 6.44. The highest BCUT2D eigenvalue weighted by atomic mass is 16.5. The quantitative estimate of drug-likeness (QED) is 0.679. The Morgan fingerprint density at radius 1 is 1.29 bits per heavy atom. The summed E-state index contributed by atoms with van der Waals surface area (Å²) in [5, 5.41) is 8.78. The van der Waals surface area contributed by atoms with E-state index < -0.39 is 0 Å². The Kier molecular flexibility index (Phi) is 3.99. The maximum absolute atomic E-state index is 8.78. The molecule has 1 fully saturated rings. The molecule has 0 unspecified atom stereocenters. The van der Waals surface area contributed by atoms with Crippen LogP contribution in [0.15, 0.2) is 11.8 Å². The third-order valence-electron chi connectivity index (χ3n) is 3.42. The summed E-state index contributed by atoms with van der Waals surface area (Å²) < 4.78 is 0. The third kappa shape index (κ3) is 3.02. The van der Waals surface area contributed by atoms with E-state index in [-0.39, 0.29) is 5.41 Å². The fourth-order valence-electron chi connectivity index (χ4n) is 2.55. The van der Waals surface area contributed by atoms with Crippen molar-refractivity contribution in [3.05, 3.63) is 11.8 Å². The van der Waals surface area contributed by atoms with Crippen LogP contribution in [0.3, 0.4) is 0 Å². The molecule has 0 bridgehead atoms. The molecule has 0 aromatic rings. The monoisotopic (exact) mass is 197 g/mol. The number of hydroxylamine groups is 1. The van der Waals surface area contributed by atoms with Gasteiger partial charge in [-0.3, -0.25) is 10.7 Å². The van der Waals surface area contributed by atoms with Crippen LogP contribution in [0.1, 0.15) is 52.9 Å². The molecule has 2 nitrogen and oxygen atoms in total. The second-order valence-corrected chi connectivity index (χ2v) is 5.10. The van der Waals surface area contributed by atoms with Crippen LogP contribution in [0.2, 0.25) is 0 Å². The summed E-state index contributed by atoms with van der Waals surface area (Å²) in [6.07, 6.45) is 8.96. The van der Waals surface area contributed by atoms with Gasteiger partial charge in [0, 0.05) is 5.70 Å². The normalized spacial score (nSPS) is 21.0. The minimum atomic E-state index is 0.209. The van der Waals surface area contributed by atoms with Gasteiger partial charge in [0.25, 0.3) is 0 Å². The minimum Gasteiger partial charge on any atom is -0.291 e. The molecule has 1 rings (SSSR count). The lowest BCUT2D eigenvalue weighted by Gasteiger charge is -2.35. The number of allylic oxidation sites excluding steroid dienone is 2. The molecule has 0 heterocycles. The molecular formula is C12H23NO. The van der Waals surface area contributed by atoms with Crippen LogP contribution in [0.25, 0.3) is 0 Å². The van der Waals surface area contributed by atoms with Gasteiger partial charge in [0.15, 0.2) is 0 Å². The van der Waals surface area contributed by atoms with Crippen molar-refractivity contribution in [2.45, 2.75) is 52.9 Å². The zero-order valence-electron chi connectivity index (χ0n) is 9.64. The maximum atomic E-state index is 8.78. The molecule has 82 valence electrons. The van der Waals surface area contributed by atoms with Crippen molar-refractivity contribution in [2.75, 3.05) is 0 Å². The van der Waals surface area contributed by atoms with Gasteiger partial charge in [0.1, 0.15) is 0 Å². The zero-order valence-corrected chi connectivity index (χ0v) is 9.64. The van der Waals surface area contributed by atoms with Crippen LogP contribution in [-0.2, 0) is 0 Å². The Morgan fingerprint density at radius 2 is 1.86 bits per heavy atom. The van der Waals surface area contributed by atoms with Gasteiger partial charge in [-0.05, 0) is 31.1 Å². The average Bonchev–Trinajstić information content (AvgIpc) is 2.18. The van der Waals surface area contributed by atoms with E-state index in [4.69, 9.17) is 5.21 Å². The maximum Gasteiger partial charge on any atom is 0.0310 e. The van der Waals surface area contributed by atoms with Crippen molar-refractivity contribution < 1.29 is 5.21 Å². The lowest BCUT2D eigenvalue weighted by molar-refractivity contribution is 0.184. The summed E-state index contributed by atoms with van der Waals surface area (Å²) in [6, 6.07) is 0. The second kappa shape index (κ2) is 4.83. The first kappa shape index (κ1) is 11.6. The predicted octanol–water partition coefficient (Wildman–Crippen LogP) is 3.48. The molecule has 0 radical (unpaired) electrons. The predicted molar refractivity (Wildman–Crippen MR) is 59.0 cm³/mol. The smallest absolute Gasteiger partial charge is 0.0310 e. The minimum absolute atomic E-state index is 0.209. The summed E-state index contributed by atoms with van der Waals surface area (Å²) in [7, 11) is 0. The van der Waals surface area contributed by atoms with Crippen molar-refractivity contribution in [1.29, 1.82) is 0 Å². The van der Waals surface area contributed by atoms with Crippen LogP contribution >= 0.6 is 0 Å². The molecular weight excluding hydrogens is 174 g/mol. The summed E-state index contributed by atoms with van der Waals surface area (Å²) in [5.74, 6) is 0.777. The molecule has 14 heavy (non-hydrogen) atoms. The number of nitrogens with one attached hydrogen (secondary N) is 1. The van der Waals surface area contributed by atoms with Crippen molar-refractivity contribution in [2.24, 2.45) is 11.3 Å². The highest BCUT2D eigenvalue weighted by Gasteiger charge is 2.28. The van der Waals surface area contributed by atoms with E-state index in [2.05, 4.69) is 25.4 Å². The molecule has 1 aliphatic rings. The highest BCUT2D eigenvalue weighted by Crippen LogP contribution is 2.39. The van der Waals surface area contributed by atoms with Crippen molar-refractivity contribution in [3.63, 3.8) is 0 Å². The first-order valence-electron chi connectivity index (χ1n) is 5.66. The van der Waals surface area contributed by atoms with Crippen LogP contribution in [-0.4, -0.2) is 5.21 Å². The van der Waals surface area contributed by atoms with Crippen LogP contribution < -0.4 is 5.48 Å². The SMILES string of the molecule is C/C(=C/C(C)(C)C1CCCCC1)NO. The van der Waals surface area contributed by atoms with Crippen molar-refractivity contribution >= 4 is 0 Å². The number of rotatable bonds is 3. The van der Waals surface area contributed by atoms with E-state index in [1.165, 1.54) is 32.1 Å². The third-order valence-corrected chi connectivity index (χ3v) is 3.42.